The van der Waals surface area contributed by atoms with Gasteiger partial charge in [0.15, 0.2) is 0 Å². The van der Waals surface area contributed by atoms with E-state index in [9.17, 15) is 14.9 Å². The summed E-state index contributed by atoms with van der Waals surface area (Å²) >= 11 is 0. The average molecular weight is 355 g/mol. The second-order valence-electron chi connectivity index (χ2n) is 6.39. The maximum Gasteiger partial charge on any atom is 0.293 e. The molecule has 1 heterocycles. The number of amides is 1. The molecular formula is C19H21N3O4. The summed E-state index contributed by atoms with van der Waals surface area (Å²) in [7, 11) is 0. The zero-order valence-electron chi connectivity index (χ0n) is 14.8. The quantitative estimate of drug-likeness (QED) is 0.672. The number of nitro benzene ring substituents is 1. The maximum absolute atomic E-state index is 12.5. The van der Waals surface area contributed by atoms with Gasteiger partial charge in [-0.1, -0.05) is 6.07 Å². The highest BCUT2D eigenvalue weighted by Gasteiger charge is 2.23. The topological polar surface area (TPSA) is 84.7 Å². The largest absolute Gasteiger partial charge is 0.378 e. The van der Waals surface area contributed by atoms with Crippen LogP contribution in [-0.2, 0) is 4.74 Å². The van der Waals surface area contributed by atoms with Gasteiger partial charge in [0, 0.05) is 30.4 Å². The molecule has 1 aliphatic heterocycles. The van der Waals surface area contributed by atoms with E-state index in [1.165, 1.54) is 6.07 Å². The summed E-state index contributed by atoms with van der Waals surface area (Å²) in [6.45, 7) is 6.15. The Morgan fingerprint density at radius 1 is 1.12 bits per heavy atom. The second kappa shape index (κ2) is 7.53. The minimum Gasteiger partial charge on any atom is -0.378 e. The molecule has 0 aromatic heterocycles. The molecule has 0 unspecified atom stereocenters. The van der Waals surface area contributed by atoms with Crippen LogP contribution in [0.15, 0.2) is 36.4 Å². The first kappa shape index (κ1) is 17.9. The third kappa shape index (κ3) is 4.00. The highest BCUT2D eigenvalue weighted by Crippen LogP contribution is 2.30. The molecule has 0 atom stereocenters. The predicted molar refractivity (Wildman–Crippen MR) is 100.0 cm³/mol. The van der Waals surface area contributed by atoms with Crippen molar-refractivity contribution >= 4 is 23.0 Å². The van der Waals surface area contributed by atoms with Gasteiger partial charge in [-0.3, -0.25) is 14.9 Å². The molecule has 0 aliphatic carbocycles. The third-order valence-electron chi connectivity index (χ3n) is 4.27. The van der Waals surface area contributed by atoms with E-state index in [0.29, 0.717) is 37.7 Å². The Hall–Kier alpha value is -2.93. The molecular weight excluding hydrogens is 334 g/mol. The summed E-state index contributed by atoms with van der Waals surface area (Å²) in [5, 5.41) is 14.3. The van der Waals surface area contributed by atoms with E-state index in [2.05, 4.69) is 5.32 Å². The first-order valence-electron chi connectivity index (χ1n) is 8.45. The Balaban J connectivity index is 1.86. The van der Waals surface area contributed by atoms with E-state index in [1.807, 2.05) is 36.9 Å². The first-order chi connectivity index (χ1) is 12.4. The highest BCUT2D eigenvalue weighted by molar-refractivity contribution is 6.05. The summed E-state index contributed by atoms with van der Waals surface area (Å²) in [5.41, 5.74) is 3.45. The van der Waals surface area contributed by atoms with E-state index in [-0.39, 0.29) is 17.2 Å². The number of ether oxygens (including phenoxy) is 1. The number of carbonyl (C=O) groups excluding carboxylic acids is 1. The lowest BCUT2D eigenvalue weighted by molar-refractivity contribution is -0.384. The lowest BCUT2D eigenvalue weighted by Crippen LogP contribution is -2.36. The molecule has 136 valence electrons. The minimum absolute atomic E-state index is 0.0695. The van der Waals surface area contributed by atoms with Gasteiger partial charge >= 0.3 is 0 Å². The zero-order chi connectivity index (χ0) is 18.7. The Bertz CT molecular complexity index is 824. The van der Waals surface area contributed by atoms with E-state index in [1.54, 1.807) is 12.1 Å². The van der Waals surface area contributed by atoms with E-state index >= 15 is 0 Å². The van der Waals surface area contributed by atoms with Gasteiger partial charge in [-0.05, 0) is 49.2 Å². The number of carbonyl (C=O) groups is 1. The van der Waals surface area contributed by atoms with Crippen molar-refractivity contribution in [3.05, 3.63) is 63.2 Å². The number of nitro groups is 1. The van der Waals surface area contributed by atoms with Crippen molar-refractivity contribution in [1.82, 2.24) is 0 Å². The van der Waals surface area contributed by atoms with Crippen LogP contribution in [0.1, 0.15) is 21.5 Å². The van der Waals surface area contributed by atoms with Crippen LogP contribution < -0.4 is 10.2 Å². The summed E-state index contributed by atoms with van der Waals surface area (Å²) in [5.74, 6) is -0.369. The standard InChI is InChI=1S/C19H21N3O4/c1-13-9-14(2)11-16(10-13)20-19(23)15-3-4-17(18(12-15)22(24)25)21-5-7-26-8-6-21/h3-4,9-12H,5-8H2,1-2H3,(H,20,23). The third-order valence-corrected chi connectivity index (χ3v) is 4.27. The predicted octanol–water partition coefficient (Wildman–Crippen LogP) is 3.30. The van der Waals surface area contributed by atoms with Crippen molar-refractivity contribution in [2.24, 2.45) is 0 Å². The van der Waals surface area contributed by atoms with E-state index < -0.39 is 4.92 Å². The van der Waals surface area contributed by atoms with E-state index in [0.717, 1.165) is 11.1 Å². The van der Waals surface area contributed by atoms with E-state index in [4.69, 9.17) is 4.74 Å². The molecule has 3 rings (SSSR count). The van der Waals surface area contributed by atoms with Gasteiger partial charge in [0.1, 0.15) is 5.69 Å². The number of nitrogens with zero attached hydrogens (tertiary/aromatic N) is 2. The van der Waals surface area contributed by atoms with Crippen LogP contribution in [0.3, 0.4) is 0 Å². The molecule has 2 aromatic rings. The number of hydrogen-bond donors (Lipinski definition) is 1. The van der Waals surface area contributed by atoms with Crippen LogP contribution in [0.25, 0.3) is 0 Å². The fourth-order valence-corrected chi connectivity index (χ4v) is 3.13. The molecule has 1 fully saturated rings. The Kier molecular flexibility index (Phi) is 5.18. The van der Waals surface area contributed by atoms with Crippen LogP contribution in [0.4, 0.5) is 17.1 Å². The summed E-state index contributed by atoms with van der Waals surface area (Å²) < 4.78 is 5.29. The number of morpholine rings is 1. The Labute approximate surface area is 151 Å². The number of rotatable bonds is 4. The smallest absolute Gasteiger partial charge is 0.293 e. The summed E-state index contributed by atoms with van der Waals surface area (Å²) in [6, 6.07) is 10.3. The molecule has 1 N–H and O–H groups in total. The molecule has 7 heteroatoms. The minimum atomic E-state index is -0.446. The zero-order valence-corrected chi connectivity index (χ0v) is 14.8. The molecule has 1 saturated heterocycles. The molecule has 1 amide bonds. The fourth-order valence-electron chi connectivity index (χ4n) is 3.13. The molecule has 1 aliphatic rings. The van der Waals surface area contributed by atoms with Gasteiger partial charge in [-0.15, -0.1) is 0 Å². The van der Waals surface area contributed by atoms with Crippen molar-refractivity contribution in [2.75, 3.05) is 36.5 Å². The molecule has 0 spiro atoms. The van der Waals surface area contributed by atoms with Gasteiger partial charge < -0.3 is 15.0 Å². The molecule has 26 heavy (non-hydrogen) atoms. The number of nitrogens with one attached hydrogen (secondary N) is 1. The number of anilines is 2. The molecule has 0 radical (unpaired) electrons. The van der Waals surface area contributed by atoms with Gasteiger partial charge in [0.05, 0.1) is 18.1 Å². The summed E-state index contributed by atoms with van der Waals surface area (Å²) in [6.07, 6.45) is 0. The lowest BCUT2D eigenvalue weighted by Gasteiger charge is -2.28. The monoisotopic (exact) mass is 355 g/mol. The van der Waals surface area contributed by atoms with Crippen molar-refractivity contribution < 1.29 is 14.5 Å². The first-order valence-corrected chi connectivity index (χ1v) is 8.45. The fraction of sp³-hybridized carbons (Fsp3) is 0.316. The SMILES string of the molecule is Cc1cc(C)cc(NC(=O)c2ccc(N3CCOCC3)c([N+](=O)[O-])c2)c1. The molecule has 0 bridgehead atoms. The van der Waals surface area contributed by atoms with Crippen molar-refractivity contribution in [1.29, 1.82) is 0 Å². The lowest BCUT2D eigenvalue weighted by atomic mass is 10.1. The van der Waals surface area contributed by atoms with Crippen molar-refractivity contribution in [3.63, 3.8) is 0 Å². The number of hydrogen-bond acceptors (Lipinski definition) is 5. The average Bonchev–Trinajstić information content (AvgIpc) is 2.61. The highest BCUT2D eigenvalue weighted by atomic mass is 16.6. The molecule has 2 aromatic carbocycles. The number of aryl methyl sites for hydroxylation is 2. The Morgan fingerprint density at radius 3 is 2.38 bits per heavy atom. The van der Waals surface area contributed by atoms with Crippen LogP contribution in [0, 0.1) is 24.0 Å². The van der Waals surface area contributed by atoms with Crippen LogP contribution in [0.5, 0.6) is 0 Å². The molecule has 7 nitrogen and oxygen atoms in total. The normalized spacial score (nSPS) is 14.2. The van der Waals surface area contributed by atoms with Crippen molar-refractivity contribution in [3.8, 4) is 0 Å². The summed E-state index contributed by atoms with van der Waals surface area (Å²) in [4.78, 5) is 25.5. The van der Waals surface area contributed by atoms with Gasteiger partial charge in [-0.25, -0.2) is 0 Å². The molecule has 0 saturated carbocycles. The van der Waals surface area contributed by atoms with Crippen LogP contribution in [0.2, 0.25) is 0 Å². The van der Waals surface area contributed by atoms with Gasteiger partial charge in [-0.2, -0.15) is 0 Å². The van der Waals surface area contributed by atoms with Crippen LogP contribution in [-0.4, -0.2) is 37.1 Å². The second-order valence-corrected chi connectivity index (χ2v) is 6.39. The van der Waals surface area contributed by atoms with Crippen molar-refractivity contribution in [2.45, 2.75) is 13.8 Å². The van der Waals surface area contributed by atoms with Gasteiger partial charge in [0.25, 0.3) is 11.6 Å². The van der Waals surface area contributed by atoms with Crippen LogP contribution >= 0.6 is 0 Å². The Morgan fingerprint density at radius 2 is 1.77 bits per heavy atom. The maximum atomic E-state index is 12.5. The number of benzene rings is 2. The van der Waals surface area contributed by atoms with Gasteiger partial charge in [0.2, 0.25) is 0 Å².